The van der Waals surface area contributed by atoms with Crippen LogP contribution in [-0.4, -0.2) is 37.4 Å². The highest BCUT2D eigenvalue weighted by Gasteiger charge is 2.08. The van der Waals surface area contributed by atoms with Crippen LogP contribution < -0.4 is 4.74 Å². The van der Waals surface area contributed by atoms with Crippen molar-refractivity contribution >= 4 is 5.78 Å². The molecule has 0 atom stereocenters. The monoisotopic (exact) mass is 263 g/mol. The van der Waals surface area contributed by atoms with E-state index in [4.69, 9.17) is 4.74 Å². The molecule has 1 rings (SSSR count). The van der Waals surface area contributed by atoms with Crippen molar-refractivity contribution in [2.45, 2.75) is 27.2 Å². The molecule has 0 aromatic heterocycles. The van der Waals surface area contributed by atoms with Crippen LogP contribution in [0.4, 0.5) is 0 Å². The van der Waals surface area contributed by atoms with Crippen molar-refractivity contribution in [3.63, 3.8) is 0 Å². The Labute approximate surface area is 116 Å². The van der Waals surface area contributed by atoms with Crippen LogP contribution in [0.5, 0.6) is 5.75 Å². The Hall–Kier alpha value is -1.35. The number of ether oxygens (including phenoxy) is 1. The quantitative estimate of drug-likeness (QED) is 0.722. The zero-order valence-corrected chi connectivity index (χ0v) is 12.5. The predicted octanol–water partition coefficient (Wildman–Crippen LogP) is 2.78. The van der Waals surface area contributed by atoms with Gasteiger partial charge in [0.1, 0.15) is 18.1 Å². The zero-order chi connectivity index (χ0) is 14.3. The number of likely N-dealkylation sites (N-methyl/N-ethyl adjacent to an activating group) is 1. The number of carbonyl (C=O) groups excluding carboxylic acids is 1. The van der Waals surface area contributed by atoms with Crippen LogP contribution in [0.3, 0.4) is 0 Å². The molecule has 0 radical (unpaired) electrons. The third-order valence-electron chi connectivity index (χ3n) is 3.23. The molecule has 0 aliphatic rings. The fourth-order valence-electron chi connectivity index (χ4n) is 1.59. The number of hydrogen-bond donors (Lipinski definition) is 0. The minimum atomic E-state index is 0.0977. The number of rotatable bonds is 8. The number of Topliss-reactive ketones (excluding diaryl/α,β-unsaturated/α-hetero) is 1. The van der Waals surface area contributed by atoms with Gasteiger partial charge in [0.05, 0.1) is 0 Å². The SMILES string of the molecule is CCN(C)CCOc1ccc(CC(=O)C(C)C)cc1. The maximum Gasteiger partial charge on any atom is 0.139 e. The molecule has 0 bridgehead atoms. The molecular weight excluding hydrogens is 238 g/mol. The summed E-state index contributed by atoms with van der Waals surface area (Å²) < 4.78 is 5.66. The molecule has 0 spiro atoms. The smallest absolute Gasteiger partial charge is 0.139 e. The highest BCUT2D eigenvalue weighted by atomic mass is 16.5. The third kappa shape index (κ3) is 5.88. The van der Waals surface area contributed by atoms with E-state index in [0.717, 1.165) is 24.4 Å². The van der Waals surface area contributed by atoms with Crippen LogP contribution in [0.1, 0.15) is 26.3 Å². The topological polar surface area (TPSA) is 29.5 Å². The third-order valence-corrected chi connectivity index (χ3v) is 3.23. The van der Waals surface area contributed by atoms with E-state index in [1.54, 1.807) is 0 Å². The van der Waals surface area contributed by atoms with Crippen molar-refractivity contribution in [3.8, 4) is 5.75 Å². The summed E-state index contributed by atoms with van der Waals surface area (Å²) in [6.07, 6.45) is 0.510. The molecule has 19 heavy (non-hydrogen) atoms. The van der Waals surface area contributed by atoms with Crippen LogP contribution in [0.2, 0.25) is 0 Å². The van der Waals surface area contributed by atoms with Crippen molar-refractivity contribution in [1.29, 1.82) is 0 Å². The van der Waals surface area contributed by atoms with E-state index in [2.05, 4.69) is 18.9 Å². The second-order valence-electron chi connectivity index (χ2n) is 5.19. The summed E-state index contributed by atoms with van der Waals surface area (Å²) in [5.74, 6) is 1.24. The fraction of sp³-hybridized carbons (Fsp3) is 0.562. The number of ketones is 1. The summed E-state index contributed by atoms with van der Waals surface area (Å²) in [4.78, 5) is 13.8. The maximum absolute atomic E-state index is 11.6. The van der Waals surface area contributed by atoms with Crippen LogP contribution in [-0.2, 0) is 11.2 Å². The van der Waals surface area contributed by atoms with Gasteiger partial charge >= 0.3 is 0 Å². The summed E-state index contributed by atoms with van der Waals surface area (Å²) in [7, 11) is 2.07. The molecular formula is C16H25NO2. The normalized spacial score (nSPS) is 11.1. The molecule has 0 N–H and O–H groups in total. The summed E-state index contributed by atoms with van der Waals surface area (Å²) >= 11 is 0. The van der Waals surface area contributed by atoms with Gasteiger partial charge in [-0.05, 0) is 31.3 Å². The number of nitrogens with zero attached hydrogens (tertiary/aromatic N) is 1. The average molecular weight is 263 g/mol. The lowest BCUT2D eigenvalue weighted by atomic mass is 10.0. The lowest BCUT2D eigenvalue weighted by Crippen LogP contribution is -2.23. The molecule has 0 unspecified atom stereocenters. The molecule has 0 fully saturated rings. The first-order chi connectivity index (χ1) is 9.02. The molecule has 0 saturated heterocycles. The zero-order valence-electron chi connectivity index (χ0n) is 12.5. The van der Waals surface area contributed by atoms with E-state index in [9.17, 15) is 4.79 Å². The Morgan fingerprint density at radius 2 is 1.89 bits per heavy atom. The van der Waals surface area contributed by atoms with Crippen LogP contribution >= 0.6 is 0 Å². The first kappa shape index (κ1) is 15.7. The van der Waals surface area contributed by atoms with E-state index in [1.807, 2.05) is 38.1 Å². The van der Waals surface area contributed by atoms with Gasteiger partial charge in [0.2, 0.25) is 0 Å². The van der Waals surface area contributed by atoms with Crippen molar-refractivity contribution in [3.05, 3.63) is 29.8 Å². The van der Waals surface area contributed by atoms with Crippen molar-refractivity contribution < 1.29 is 9.53 Å². The van der Waals surface area contributed by atoms with Gasteiger partial charge in [0.25, 0.3) is 0 Å². The molecule has 0 aliphatic carbocycles. The van der Waals surface area contributed by atoms with Crippen molar-refractivity contribution in [1.82, 2.24) is 4.90 Å². The number of benzene rings is 1. The van der Waals surface area contributed by atoms with Gasteiger partial charge in [-0.25, -0.2) is 0 Å². The van der Waals surface area contributed by atoms with Crippen molar-refractivity contribution in [2.24, 2.45) is 5.92 Å². The van der Waals surface area contributed by atoms with Crippen molar-refractivity contribution in [2.75, 3.05) is 26.7 Å². The number of hydrogen-bond acceptors (Lipinski definition) is 3. The Morgan fingerprint density at radius 1 is 1.26 bits per heavy atom. The van der Waals surface area contributed by atoms with Crippen LogP contribution in [0.25, 0.3) is 0 Å². The lowest BCUT2D eigenvalue weighted by Gasteiger charge is -2.14. The average Bonchev–Trinajstić information content (AvgIpc) is 2.40. The predicted molar refractivity (Wildman–Crippen MR) is 78.7 cm³/mol. The largest absolute Gasteiger partial charge is 0.492 e. The van der Waals surface area contributed by atoms with Gasteiger partial charge in [0.15, 0.2) is 0 Å². The Bertz CT molecular complexity index is 384. The Kier molecular flexibility index (Phi) is 6.57. The Balaban J connectivity index is 2.41. The molecule has 0 saturated carbocycles. The van der Waals surface area contributed by atoms with Gasteiger partial charge in [-0.15, -0.1) is 0 Å². The molecule has 0 amide bonds. The van der Waals surface area contributed by atoms with E-state index >= 15 is 0 Å². The standard InChI is InChI=1S/C16H25NO2/c1-5-17(4)10-11-19-15-8-6-14(7-9-15)12-16(18)13(2)3/h6-9,13H,5,10-12H2,1-4H3. The lowest BCUT2D eigenvalue weighted by molar-refractivity contribution is -0.121. The van der Waals surface area contributed by atoms with Crippen LogP contribution in [0, 0.1) is 5.92 Å². The van der Waals surface area contributed by atoms with E-state index in [1.165, 1.54) is 0 Å². The van der Waals surface area contributed by atoms with E-state index in [-0.39, 0.29) is 11.7 Å². The summed E-state index contributed by atoms with van der Waals surface area (Å²) in [6, 6.07) is 7.82. The molecule has 1 aromatic rings. The first-order valence-corrected chi connectivity index (χ1v) is 6.96. The van der Waals surface area contributed by atoms with Crippen LogP contribution in [0.15, 0.2) is 24.3 Å². The molecule has 3 nitrogen and oxygen atoms in total. The highest BCUT2D eigenvalue weighted by Crippen LogP contribution is 2.13. The van der Waals surface area contributed by atoms with E-state index in [0.29, 0.717) is 13.0 Å². The molecule has 1 aromatic carbocycles. The summed E-state index contributed by atoms with van der Waals surface area (Å²) in [6.45, 7) is 8.63. The van der Waals surface area contributed by atoms with Gasteiger partial charge in [-0.1, -0.05) is 32.9 Å². The van der Waals surface area contributed by atoms with Gasteiger partial charge in [-0.2, -0.15) is 0 Å². The fourth-order valence-corrected chi connectivity index (χ4v) is 1.59. The highest BCUT2D eigenvalue weighted by molar-refractivity contribution is 5.82. The first-order valence-electron chi connectivity index (χ1n) is 6.96. The second kappa shape index (κ2) is 7.95. The Morgan fingerprint density at radius 3 is 2.42 bits per heavy atom. The second-order valence-corrected chi connectivity index (χ2v) is 5.19. The molecule has 0 heterocycles. The van der Waals surface area contributed by atoms with E-state index < -0.39 is 0 Å². The molecule has 3 heteroatoms. The number of carbonyl (C=O) groups is 1. The molecule has 0 aliphatic heterocycles. The van der Waals surface area contributed by atoms with Gasteiger partial charge < -0.3 is 9.64 Å². The van der Waals surface area contributed by atoms with Gasteiger partial charge in [-0.3, -0.25) is 4.79 Å². The van der Waals surface area contributed by atoms with Gasteiger partial charge in [0, 0.05) is 18.9 Å². The minimum Gasteiger partial charge on any atom is -0.492 e. The molecule has 106 valence electrons. The summed E-state index contributed by atoms with van der Waals surface area (Å²) in [5, 5.41) is 0. The maximum atomic E-state index is 11.6. The summed E-state index contributed by atoms with van der Waals surface area (Å²) in [5.41, 5.74) is 1.05. The minimum absolute atomic E-state index is 0.0977.